The van der Waals surface area contributed by atoms with Crippen molar-refractivity contribution in [1.29, 1.82) is 0 Å². The molecular formula is C26H23FN2O4. The Morgan fingerprint density at radius 1 is 1.09 bits per heavy atom. The molecule has 1 amide bonds. The normalized spacial score (nSPS) is 17.4. The fraction of sp³-hybridized carbons (Fsp3) is 0.192. The number of halogens is 1. The number of benzene rings is 2. The average Bonchev–Trinajstić information content (AvgIpc) is 3.07. The van der Waals surface area contributed by atoms with Gasteiger partial charge in [-0.05, 0) is 60.9 Å². The van der Waals surface area contributed by atoms with E-state index in [9.17, 15) is 19.1 Å². The minimum Gasteiger partial charge on any atom is -0.507 e. The van der Waals surface area contributed by atoms with E-state index in [1.54, 1.807) is 55.7 Å². The maximum Gasteiger partial charge on any atom is 0.295 e. The molecule has 0 radical (unpaired) electrons. The monoisotopic (exact) mass is 446 g/mol. The molecule has 168 valence electrons. The fourth-order valence-electron chi connectivity index (χ4n) is 3.88. The number of rotatable bonds is 6. The predicted molar refractivity (Wildman–Crippen MR) is 121 cm³/mol. The van der Waals surface area contributed by atoms with E-state index in [1.165, 1.54) is 17.0 Å². The summed E-state index contributed by atoms with van der Waals surface area (Å²) in [5, 5.41) is 11.1. The Bertz CT molecular complexity index is 1220. The van der Waals surface area contributed by atoms with Gasteiger partial charge in [0.1, 0.15) is 17.3 Å². The van der Waals surface area contributed by atoms with Gasteiger partial charge in [0.15, 0.2) is 0 Å². The lowest BCUT2D eigenvalue weighted by Crippen LogP contribution is -2.29. The summed E-state index contributed by atoms with van der Waals surface area (Å²) >= 11 is 0. The molecule has 1 saturated heterocycles. The van der Waals surface area contributed by atoms with Gasteiger partial charge < -0.3 is 14.7 Å². The molecule has 1 atom stereocenters. The lowest BCUT2D eigenvalue weighted by molar-refractivity contribution is -0.140. The van der Waals surface area contributed by atoms with Gasteiger partial charge in [0, 0.05) is 24.5 Å². The van der Waals surface area contributed by atoms with Crippen LogP contribution in [0.3, 0.4) is 0 Å². The van der Waals surface area contributed by atoms with Crippen molar-refractivity contribution in [3.05, 3.63) is 101 Å². The van der Waals surface area contributed by atoms with E-state index in [-0.39, 0.29) is 17.7 Å². The molecule has 0 spiro atoms. The first-order chi connectivity index (χ1) is 15.9. The first-order valence-electron chi connectivity index (χ1n) is 10.6. The number of likely N-dealkylation sites (tertiary alicyclic amines) is 1. The maximum absolute atomic E-state index is 14.2. The number of amides is 1. The van der Waals surface area contributed by atoms with Gasteiger partial charge in [0.25, 0.3) is 11.7 Å². The Morgan fingerprint density at radius 2 is 1.79 bits per heavy atom. The Labute approximate surface area is 191 Å². The van der Waals surface area contributed by atoms with Crippen LogP contribution in [0.4, 0.5) is 4.39 Å². The number of aryl methyl sites for hydroxylation is 1. The molecule has 6 nitrogen and oxygen atoms in total. The highest BCUT2D eigenvalue weighted by Gasteiger charge is 2.46. The maximum atomic E-state index is 14.2. The molecule has 33 heavy (non-hydrogen) atoms. The van der Waals surface area contributed by atoms with Gasteiger partial charge in [-0.15, -0.1) is 0 Å². The summed E-state index contributed by atoms with van der Waals surface area (Å²) in [4.78, 5) is 31.5. The molecule has 1 aliphatic rings. The van der Waals surface area contributed by atoms with Crippen LogP contribution < -0.4 is 4.74 Å². The number of hydrogen-bond donors (Lipinski definition) is 1. The molecule has 2 heterocycles. The molecular weight excluding hydrogens is 423 g/mol. The Morgan fingerprint density at radius 3 is 2.42 bits per heavy atom. The van der Waals surface area contributed by atoms with Gasteiger partial charge in [0.05, 0.1) is 18.2 Å². The molecule has 1 fully saturated rings. The molecule has 7 heteroatoms. The molecule has 1 aliphatic heterocycles. The number of Topliss-reactive ketones (excluding diaryl/α,β-unsaturated/α-hetero) is 1. The summed E-state index contributed by atoms with van der Waals surface area (Å²) < 4.78 is 19.7. The van der Waals surface area contributed by atoms with E-state index >= 15 is 0 Å². The van der Waals surface area contributed by atoms with Crippen molar-refractivity contribution in [2.24, 2.45) is 0 Å². The molecule has 1 N–H and O–H groups in total. The van der Waals surface area contributed by atoms with Gasteiger partial charge in [-0.1, -0.05) is 24.3 Å². The molecule has 0 saturated carbocycles. The number of aromatic nitrogens is 1. The largest absolute Gasteiger partial charge is 0.507 e. The van der Waals surface area contributed by atoms with E-state index in [4.69, 9.17) is 4.74 Å². The summed E-state index contributed by atoms with van der Waals surface area (Å²) in [7, 11) is 0. The molecule has 2 aromatic carbocycles. The van der Waals surface area contributed by atoms with Crippen LogP contribution in [0, 0.1) is 12.7 Å². The molecule has 1 aromatic heterocycles. The molecule has 0 aliphatic carbocycles. The number of ketones is 1. The zero-order valence-corrected chi connectivity index (χ0v) is 18.3. The first-order valence-corrected chi connectivity index (χ1v) is 10.6. The summed E-state index contributed by atoms with van der Waals surface area (Å²) in [6.07, 6.45) is 3.21. The van der Waals surface area contributed by atoms with Gasteiger partial charge in [-0.3, -0.25) is 14.6 Å². The predicted octanol–water partition coefficient (Wildman–Crippen LogP) is 4.55. The highest BCUT2D eigenvalue weighted by atomic mass is 19.1. The van der Waals surface area contributed by atoms with Crippen molar-refractivity contribution in [2.75, 3.05) is 6.61 Å². The molecule has 4 rings (SSSR count). The summed E-state index contributed by atoms with van der Waals surface area (Å²) in [5.41, 5.74) is 1.87. The number of pyridine rings is 1. The topological polar surface area (TPSA) is 79.7 Å². The van der Waals surface area contributed by atoms with Crippen LogP contribution in [-0.4, -0.2) is 33.3 Å². The number of nitrogens with zero attached hydrogens (tertiary/aromatic N) is 2. The third kappa shape index (κ3) is 4.35. The minimum atomic E-state index is -0.849. The van der Waals surface area contributed by atoms with E-state index in [0.717, 1.165) is 11.6 Å². The second-order valence-corrected chi connectivity index (χ2v) is 7.75. The van der Waals surface area contributed by atoms with Gasteiger partial charge in [-0.25, -0.2) is 4.39 Å². The van der Waals surface area contributed by atoms with E-state index in [0.29, 0.717) is 23.5 Å². The van der Waals surface area contributed by atoms with Gasteiger partial charge in [-0.2, -0.15) is 0 Å². The summed E-state index contributed by atoms with van der Waals surface area (Å²) in [6.45, 7) is 4.12. The summed E-state index contributed by atoms with van der Waals surface area (Å²) in [6, 6.07) is 13.9. The number of carbonyl (C=O) groups excluding carboxylic acids is 2. The molecule has 3 aromatic rings. The zero-order chi connectivity index (χ0) is 23.5. The second kappa shape index (κ2) is 9.24. The number of hydrogen-bond acceptors (Lipinski definition) is 5. The number of ether oxygens (including phenoxy) is 1. The van der Waals surface area contributed by atoms with Crippen molar-refractivity contribution < 1.29 is 23.8 Å². The smallest absolute Gasteiger partial charge is 0.295 e. The number of aliphatic hydroxyl groups is 1. The first kappa shape index (κ1) is 22.2. The Balaban J connectivity index is 1.84. The van der Waals surface area contributed by atoms with E-state index in [1.807, 2.05) is 6.92 Å². The Hall–Kier alpha value is -4.00. The van der Waals surface area contributed by atoms with Crippen LogP contribution in [0.5, 0.6) is 5.75 Å². The van der Waals surface area contributed by atoms with Crippen molar-refractivity contribution in [3.63, 3.8) is 0 Å². The zero-order valence-electron chi connectivity index (χ0n) is 18.3. The van der Waals surface area contributed by atoms with Crippen LogP contribution in [0.25, 0.3) is 5.76 Å². The minimum absolute atomic E-state index is 0.0820. The molecule has 0 bridgehead atoms. The third-order valence-corrected chi connectivity index (χ3v) is 5.59. The van der Waals surface area contributed by atoms with Crippen molar-refractivity contribution in [3.8, 4) is 5.75 Å². The summed E-state index contributed by atoms with van der Waals surface area (Å²) in [5.74, 6) is -1.83. The van der Waals surface area contributed by atoms with Crippen molar-refractivity contribution in [1.82, 2.24) is 9.88 Å². The fourth-order valence-corrected chi connectivity index (χ4v) is 3.88. The highest BCUT2D eigenvalue weighted by Crippen LogP contribution is 2.40. The lowest BCUT2D eigenvalue weighted by atomic mass is 9.94. The van der Waals surface area contributed by atoms with Crippen LogP contribution in [0.15, 0.2) is 72.6 Å². The van der Waals surface area contributed by atoms with Gasteiger partial charge >= 0.3 is 0 Å². The van der Waals surface area contributed by atoms with Crippen molar-refractivity contribution in [2.45, 2.75) is 26.4 Å². The van der Waals surface area contributed by atoms with Crippen LogP contribution in [0.1, 0.15) is 35.2 Å². The second-order valence-electron chi connectivity index (χ2n) is 7.75. The standard InChI is InChI=1S/C26H23FN2O4/c1-3-33-20-8-6-18(7-9-20)23-22(24(30)19-5-4-16(2)21(27)14-19)25(31)26(32)29(23)15-17-10-12-28-13-11-17/h4-14,23,30H,3,15H2,1-2H3/b24-22-. The van der Waals surface area contributed by atoms with E-state index in [2.05, 4.69) is 4.98 Å². The van der Waals surface area contributed by atoms with Crippen LogP contribution in [0.2, 0.25) is 0 Å². The number of carbonyl (C=O) groups is 2. The highest BCUT2D eigenvalue weighted by molar-refractivity contribution is 6.46. The number of aliphatic hydroxyl groups excluding tert-OH is 1. The SMILES string of the molecule is CCOc1ccc(C2/C(=C(/O)c3ccc(C)c(F)c3)C(=O)C(=O)N2Cc2ccncc2)cc1. The lowest BCUT2D eigenvalue weighted by Gasteiger charge is -2.25. The average molecular weight is 446 g/mol. The van der Waals surface area contributed by atoms with E-state index < -0.39 is 29.3 Å². The van der Waals surface area contributed by atoms with Crippen LogP contribution in [-0.2, 0) is 16.1 Å². The molecule has 1 unspecified atom stereocenters. The van der Waals surface area contributed by atoms with Crippen LogP contribution >= 0.6 is 0 Å². The van der Waals surface area contributed by atoms with Crippen molar-refractivity contribution >= 4 is 17.4 Å². The Kier molecular flexibility index (Phi) is 6.22. The quantitative estimate of drug-likeness (QED) is 0.341. The van der Waals surface area contributed by atoms with Gasteiger partial charge in [0.2, 0.25) is 0 Å². The third-order valence-electron chi connectivity index (χ3n) is 5.59.